The van der Waals surface area contributed by atoms with Crippen molar-refractivity contribution >= 4 is 17.4 Å². The minimum Gasteiger partial charge on any atom is -0.457 e. The highest BCUT2D eigenvalue weighted by atomic mass is 19.4. The van der Waals surface area contributed by atoms with Gasteiger partial charge in [-0.25, -0.2) is 4.98 Å². The van der Waals surface area contributed by atoms with Crippen LogP contribution in [0.1, 0.15) is 21.5 Å². The third kappa shape index (κ3) is 4.81. The minimum absolute atomic E-state index is 0.0120. The molecule has 0 aliphatic heterocycles. The lowest BCUT2D eigenvalue weighted by Crippen LogP contribution is -2.16. The van der Waals surface area contributed by atoms with Crippen LogP contribution in [0.5, 0.6) is 11.5 Å². The summed E-state index contributed by atoms with van der Waals surface area (Å²) in [6, 6.07) is 11.7. The number of ether oxygens (including phenoxy) is 1. The molecule has 5 nitrogen and oxygen atoms in total. The molecule has 0 atom stereocenters. The molecule has 3 N–H and O–H groups in total. The van der Waals surface area contributed by atoms with Gasteiger partial charge >= 0.3 is 6.18 Å². The zero-order valence-corrected chi connectivity index (χ0v) is 15.0. The smallest absolute Gasteiger partial charge is 0.416 e. The van der Waals surface area contributed by atoms with Crippen molar-refractivity contribution < 1.29 is 27.1 Å². The Kier molecular flexibility index (Phi) is 5.40. The number of carbonyl (C=O) groups excluding carboxylic acids is 1. The number of carbonyl (C=O) groups is 1. The largest absolute Gasteiger partial charge is 0.457 e. The number of anilines is 2. The molecular formula is C20H15F4N3O2. The minimum atomic E-state index is -4.43. The van der Waals surface area contributed by atoms with Gasteiger partial charge in [-0.3, -0.25) is 4.79 Å². The number of hydrogen-bond acceptors (Lipinski definition) is 4. The summed E-state index contributed by atoms with van der Waals surface area (Å²) in [5, 5.41) is 2.59. The summed E-state index contributed by atoms with van der Waals surface area (Å²) in [6.45, 7) is 1.46. The first-order valence-corrected chi connectivity index (χ1v) is 8.32. The average molecular weight is 405 g/mol. The predicted octanol–water partition coefficient (Wildman–Crippen LogP) is 5.17. The second-order valence-corrected chi connectivity index (χ2v) is 6.14. The van der Waals surface area contributed by atoms with Gasteiger partial charge in [0.1, 0.15) is 17.3 Å². The van der Waals surface area contributed by atoms with Crippen LogP contribution in [0.15, 0.2) is 54.6 Å². The van der Waals surface area contributed by atoms with Crippen molar-refractivity contribution in [3.8, 4) is 11.5 Å². The van der Waals surface area contributed by atoms with Crippen LogP contribution in [0.3, 0.4) is 0 Å². The normalized spacial score (nSPS) is 11.2. The molecule has 0 saturated carbocycles. The highest BCUT2D eigenvalue weighted by molar-refractivity contribution is 6.07. The third-order valence-corrected chi connectivity index (χ3v) is 3.93. The Morgan fingerprint density at radius 1 is 1.07 bits per heavy atom. The molecule has 1 heterocycles. The summed E-state index contributed by atoms with van der Waals surface area (Å²) in [7, 11) is 0. The third-order valence-electron chi connectivity index (χ3n) is 3.93. The van der Waals surface area contributed by atoms with Gasteiger partial charge in [-0.2, -0.15) is 17.6 Å². The van der Waals surface area contributed by atoms with E-state index < -0.39 is 23.6 Å². The van der Waals surface area contributed by atoms with Gasteiger partial charge in [0.15, 0.2) is 0 Å². The first kappa shape index (κ1) is 20.1. The molecule has 0 unspecified atom stereocenters. The van der Waals surface area contributed by atoms with Gasteiger partial charge in [0.2, 0.25) is 5.95 Å². The van der Waals surface area contributed by atoms with Gasteiger partial charge in [-0.05, 0) is 49.4 Å². The predicted molar refractivity (Wildman–Crippen MR) is 99.3 cm³/mol. The van der Waals surface area contributed by atoms with Gasteiger partial charge in [-0.1, -0.05) is 6.07 Å². The fourth-order valence-electron chi connectivity index (χ4n) is 2.47. The number of hydrogen-bond donors (Lipinski definition) is 2. The molecule has 3 aromatic rings. The van der Waals surface area contributed by atoms with Crippen molar-refractivity contribution in [3.63, 3.8) is 0 Å². The van der Waals surface area contributed by atoms with E-state index in [1.165, 1.54) is 31.2 Å². The molecule has 0 bridgehead atoms. The molecule has 0 saturated heterocycles. The van der Waals surface area contributed by atoms with E-state index in [1.807, 2.05) is 0 Å². The maximum absolute atomic E-state index is 13.4. The quantitative estimate of drug-likeness (QED) is 0.464. The number of aromatic nitrogens is 1. The second-order valence-electron chi connectivity index (χ2n) is 6.14. The Morgan fingerprint density at radius 2 is 1.76 bits per heavy atom. The summed E-state index contributed by atoms with van der Waals surface area (Å²) < 4.78 is 56.8. The van der Waals surface area contributed by atoms with Crippen LogP contribution < -0.4 is 15.8 Å². The molecular weight excluding hydrogens is 390 g/mol. The lowest BCUT2D eigenvalue weighted by molar-refractivity contribution is -0.137. The lowest BCUT2D eigenvalue weighted by atomic mass is 10.1. The van der Waals surface area contributed by atoms with Crippen molar-refractivity contribution in [2.75, 3.05) is 11.1 Å². The fraction of sp³-hybridized carbons (Fsp3) is 0.100. The lowest BCUT2D eigenvalue weighted by Gasteiger charge is -2.11. The average Bonchev–Trinajstić information content (AvgIpc) is 2.64. The van der Waals surface area contributed by atoms with Crippen molar-refractivity contribution in [3.05, 3.63) is 77.2 Å². The Hall–Kier alpha value is -3.62. The number of benzene rings is 2. The summed E-state index contributed by atoms with van der Waals surface area (Å²) >= 11 is 0. The number of halogens is 4. The van der Waals surface area contributed by atoms with E-state index in [-0.39, 0.29) is 22.7 Å². The van der Waals surface area contributed by atoms with Crippen LogP contribution in [0.4, 0.5) is 29.1 Å². The standard InChI is InChI=1S/C20H15F4N3O2/c1-11-9-16(18(25)27-17(11)21)19(28)26-13-3-2-4-15(10-13)29-14-7-5-12(6-8-14)20(22,23)24/h2-10H,1H3,(H2,25,27)(H,26,28). The molecule has 2 aromatic carbocycles. The summed E-state index contributed by atoms with van der Waals surface area (Å²) in [6.07, 6.45) is -4.43. The number of aryl methyl sites for hydroxylation is 1. The van der Waals surface area contributed by atoms with Crippen LogP contribution in [0.2, 0.25) is 0 Å². The van der Waals surface area contributed by atoms with Crippen molar-refractivity contribution in [2.24, 2.45) is 0 Å². The van der Waals surface area contributed by atoms with Gasteiger partial charge in [0, 0.05) is 17.3 Å². The zero-order chi connectivity index (χ0) is 21.2. The molecule has 0 radical (unpaired) electrons. The Morgan fingerprint density at radius 3 is 2.41 bits per heavy atom. The van der Waals surface area contributed by atoms with E-state index in [2.05, 4.69) is 10.3 Å². The number of amides is 1. The summed E-state index contributed by atoms with van der Waals surface area (Å²) in [4.78, 5) is 15.9. The van der Waals surface area contributed by atoms with Gasteiger partial charge in [-0.15, -0.1) is 0 Å². The van der Waals surface area contributed by atoms with E-state index >= 15 is 0 Å². The van der Waals surface area contributed by atoms with Crippen LogP contribution in [-0.2, 0) is 6.18 Å². The maximum atomic E-state index is 13.4. The van der Waals surface area contributed by atoms with Crippen molar-refractivity contribution in [1.82, 2.24) is 4.98 Å². The van der Waals surface area contributed by atoms with Crippen LogP contribution in [0.25, 0.3) is 0 Å². The maximum Gasteiger partial charge on any atom is 0.416 e. The number of rotatable bonds is 4. The van der Waals surface area contributed by atoms with Gasteiger partial charge in [0.25, 0.3) is 5.91 Å². The summed E-state index contributed by atoms with van der Waals surface area (Å²) in [5.74, 6) is -1.11. The van der Waals surface area contributed by atoms with Crippen molar-refractivity contribution in [2.45, 2.75) is 13.1 Å². The van der Waals surface area contributed by atoms with Crippen LogP contribution >= 0.6 is 0 Å². The highest BCUT2D eigenvalue weighted by Gasteiger charge is 2.30. The molecule has 29 heavy (non-hydrogen) atoms. The zero-order valence-electron chi connectivity index (χ0n) is 15.0. The number of alkyl halides is 3. The fourth-order valence-corrected chi connectivity index (χ4v) is 2.47. The number of nitrogens with two attached hydrogens (primary N) is 1. The summed E-state index contributed by atoms with van der Waals surface area (Å²) in [5.41, 5.74) is 5.35. The van der Waals surface area contributed by atoms with E-state index in [0.717, 1.165) is 12.1 Å². The number of pyridine rings is 1. The molecule has 1 aromatic heterocycles. The number of nitrogens with one attached hydrogen (secondary N) is 1. The second kappa shape index (κ2) is 7.78. The van der Waals surface area contributed by atoms with E-state index in [1.54, 1.807) is 18.2 Å². The van der Waals surface area contributed by atoms with Crippen molar-refractivity contribution in [1.29, 1.82) is 0 Å². The topological polar surface area (TPSA) is 77.2 Å². The molecule has 1 amide bonds. The Bertz CT molecular complexity index is 1050. The van der Waals surface area contributed by atoms with E-state index in [4.69, 9.17) is 10.5 Å². The number of nitrogens with zero attached hydrogens (tertiary/aromatic N) is 1. The molecule has 0 spiro atoms. The SMILES string of the molecule is Cc1cc(C(=O)Nc2cccc(Oc3ccc(C(F)(F)F)cc3)c2)c(N)nc1F. The van der Waals surface area contributed by atoms with E-state index in [9.17, 15) is 22.4 Å². The molecule has 0 fully saturated rings. The Labute approximate surface area is 163 Å². The molecule has 150 valence electrons. The highest BCUT2D eigenvalue weighted by Crippen LogP contribution is 2.31. The first-order chi connectivity index (χ1) is 13.6. The molecule has 0 aliphatic rings. The molecule has 3 rings (SSSR count). The number of nitrogen functional groups attached to an aromatic ring is 1. The monoisotopic (exact) mass is 405 g/mol. The first-order valence-electron chi connectivity index (χ1n) is 8.32. The molecule has 9 heteroatoms. The van der Waals surface area contributed by atoms with Gasteiger partial charge < -0.3 is 15.8 Å². The van der Waals surface area contributed by atoms with Gasteiger partial charge in [0.05, 0.1) is 11.1 Å². The van der Waals surface area contributed by atoms with Crippen LogP contribution in [-0.4, -0.2) is 10.9 Å². The van der Waals surface area contributed by atoms with Crippen LogP contribution in [0, 0.1) is 12.9 Å². The Balaban J connectivity index is 1.74. The van der Waals surface area contributed by atoms with E-state index in [0.29, 0.717) is 11.4 Å². The molecule has 0 aliphatic carbocycles.